The van der Waals surface area contributed by atoms with Crippen LogP contribution in [-0.4, -0.2) is 14.2 Å². The molecule has 4 heteroatoms. The van der Waals surface area contributed by atoms with Crippen molar-refractivity contribution >= 4 is 0 Å². The van der Waals surface area contributed by atoms with E-state index < -0.39 is 0 Å². The highest BCUT2D eigenvalue weighted by Crippen LogP contribution is 2.25. The third-order valence-electron chi connectivity index (χ3n) is 3.31. The zero-order valence-electron chi connectivity index (χ0n) is 11.5. The van der Waals surface area contributed by atoms with E-state index in [0.29, 0.717) is 23.3 Å². The maximum Gasteiger partial charge on any atom is 0.131 e. The Balaban J connectivity index is 2.27. The fourth-order valence-electron chi connectivity index (χ4n) is 2.17. The van der Waals surface area contributed by atoms with Crippen molar-refractivity contribution in [2.24, 2.45) is 0 Å². The van der Waals surface area contributed by atoms with Crippen LogP contribution in [0.1, 0.15) is 17.2 Å². The highest BCUT2D eigenvalue weighted by atomic mass is 19.1. The second kappa shape index (κ2) is 6.48. The van der Waals surface area contributed by atoms with Crippen molar-refractivity contribution in [1.29, 1.82) is 0 Å². The topological polar surface area (TPSA) is 21.3 Å². The summed E-state index contributed by atoms with van der Waals surface area (Å²) in [5, 5.41) is 3.02. The third-order valence-corrected chi connectivity index (χ3v) is 3.31. The molecule has 0 saturated heterocycles. The molecule has 0 amide bonds. The van der Waals surface area contributed by atoms with E-state index in [4.69, 9.17) is 4.74 Å². The van der Waals surface area contributed by atoms with Crippen LogP contribution >= 0.6 is 0 Å². The molecule has 1 unspecified atom stereocenters. The molecule has 0 aliphatic rings. The molecule has 0 fully saturated rings. The molecule has 2 aromatic carbocycles. The number of ether oxygens (including phenoxy) is 1. The van der Waals surface area contributed by atoms with Gasteiger partial charge in [-0.1, -0.05) is 24.3 Å². The van der Waals surface area contributed by atoms with Crippen LogP contribution < -0.4 is 10.1 Å². The van der Waals surface area contributed by atoms with Crippen molar-refractivity contribution in [2.45, 2.75) is 12.5 Å². The zero-order valence-corrected chi connectivity index (χ0v) is 11.5. The highest BCUT2D eigenvalue weighted by Gasteiger charge is 2.16. The molecule has 1 atom stereocenters. The summed E-state index contributed by atoms with van der Waals surface area (Å²) in [6, 6.07) is 10.9. The lowest BCUT2D eigenvalue weighted by Gasteiger charge is -2.18. The Morgan fingerprint density at radius 3 is 2.45 bits per heavy atom. The average Bonchev–Trinajstić information content (AvgIpc) is 2.47. The summed E-state index contributed by atoms with van der Waals surface area (Å²) < 4.78 is 32.7. The smallest absolute Gasteiger partial charge is 0.131 e. The number of hydrogen-bond donors (Lipinski definition) is 1. The summed E-state index contributed by atoms with van der Waals surface area (Å²) in [5.74, 6) is -0.172. The van der Waals surface area contributed by atoms with Gasteiger partial charge in [0.25, 0.3) is 0 Å². The van der Waals surface area contributed by atoms with Crippen LogP contribution in [0.25, 0.3) is 0 Å². The molecule has 0 bridgehead atoms. The summed E-state index contributed by atoms with van der Waals surface area (Å²) in [4.78, 5) is 0. The lowest BCUT2D eigenvalue weighted by atomic mass is 9.98. The molecule has 106 valence electrons. The van der Waals surface area contributed by atoms with Gasteiger partial charge in [0.05, 0.1) is 7.11 Å². The summed E-state index contributed by atoms with van der Waals surface area (Å²) in [6.07, 6.45) is 0.381. The van der Waals surface area contributed by atoms with Gasteiger partial charge in [-0.25, -0.2) is 8.78 Å². The van der Waals surface area contributed by atoms with Gasteiger partial charge in [-0.3, -0.25) is 0 Å². The number of halogens is 2. The van der Waals surface area contributed by atoms with Crippen LogP contribution in [0.5, 0.6) is 5.75 Å². The van der Waals surface area contributed by atoms with E-state index in [-0.39, 0.29) is 17.7 Å². The molecule has 20 heavy (non-hydrogen) atoms. The lowest BCUT2D eigenvalue weighted by molar-refractivity contribution is 0.409. The standard InChI is InChI=1S/C16H17F2NO/c1-19-16(9-11-5-3-4-6-14(11)17)13-8-7-12(20-2)10-15(13)18/h3-8,10,16,19H,9H2,1-2H3. The van der Waals surface area contributed by atoms with Crippen LogP contribution in [0.15, 0.2) is 42.5 Å². The van der Waals surface area contributed by atoms with Gasteiger partial charge in [-0.2, -0.15) is 0 Å². The average molecular weight is 277 g/mol. The maximum atomic E-state index is 14.1. The van der Waals surface area contributed by atoms with Crippen LogP contribution in [0.3, 0.4) is 0 Å². The molecule has 0 spiro atoms. The second-order valence-corrected chi connectivity index (χ2v) is 4.52. The summed E-state index contributed by atoms with van der Waals surface area (Å²) in [5.41, 5.74) is 1.05. The Morgan fingerprint density at radius 1 is 1.10 bits per heavy atom. The van der Waals surface area contributed by atoms with E-state index in [1.165, 1.54) is 19.2 Å². The van der Waals surface area contributed by atoms with Crippen molar-refractivity contribution in [1.82, 2.24) is 5.32 Å². The first-order valence-electron chi connectivity index (χ1n) is 6.39. The summed E-state index contributed by atoms with van der Waals surface area (Å²) in [6.45, 7) is 0. The molecular formula is C16H17F2NO. The fraction of sp³-hybridized carbons (Fsp3) is 0.250. The van der Waals surface area contributed by atoms with Gasteiger partial charge in [0.15, 0.2) is 0 Å². The van der Waals surface area contributed by atoms with Crippen molar-refractivity contribution in [3.8, 4) is 5.75 Å². The van der Waals surface area contributed by atoms with Gasteiger partial charge in [-0.05, 0) is 31.2 Å². The quantitative estimate of drug-likeness (QED) is 0.903. The van der Waals surface area contributed by atoms with Crippen molar-refractivity contribution in [3.63, 3.8) is 0 Å². The summed E-state index contributed by atoms with van der Waals surface area (Å²) >= 11 is 0. The molecule has 2 aromatic rings. The van der Waals surface area contributed by atoms with Crippen molar-refractivity contribution < 1.29 is 13.5 Å². The minimum Gasteiger partial charge on any atom is -0.497 e. The Morgan fingerprint density at radius 2 is 1.85 bits per heavy atom. The first-order chi connectivity index (χ1) is 9.65. The number of methoxy groups -OCH3 is 1. The normalized spacial score (nSPS) is 12.2. The lowest BCUT2D eigenvalue weighted by Crippen LogP contribution is -2.20. The molecule has 2 rings (SSSR count). The van der Waals surface area contributed by atoms with E-state index in [1.54, 1.807) is 37.4 Å². The van der Waals surface area contributed by atoms with Crippen molar-refractivity contribution in [3.05, 3.63) is 65.2 Å². The maximum absolute atomic E-state index is 14.1. The molecule has 0 aromatic heterocycles. The third kappa shape index (κ3) is 3.14. The predicted octanol–water partition coefficient (Wildman–Crippen LogP) is 3.48. The van der Waals surface area contributed by atoms with E-state index >= 15 is 0 Å². The van der Waals surface area contributed by atoms with Gasteiger partial charge in [0, 0.05) is 17.7 Å². The fourth-order valence-corrected chi connectivity index (χ4v) is 2.17. The van der Waals surface area contributed by atoms with Crippen LogP contribution in [0, 0.1) is 11.6 Å². The van der Waals surface area contributed by atoms with E-state index in [9.17, 15) is 8.78 Å². The Kier molecular flexibility index (Phi) is 4.69. The number of rotatable bonds is 5. The largest absolute Gasteiger partial charge is 0.497 e. The van der Waals surface area contributed by atoms with E-state index in [2.05, 4.69) is 5.32 Å². The van der Waals surface area contributed by atoms with Gasteiger partial charge < -0.3 is 10.1 Å². The predicted molar refractivity (Wildman–Crippen MR) is 74.9 cm³/mol. The molecule has 0 aliphatic heterocycles. The molecule has 0 radical (unpaired) electrons. The zero-order chi connectivity index (χ0) is 14.5. The molecular weight excluding hydrogens is 260 g/mol. The Hall–Kier alpha value is -1.94. The first-order valence-corrected chi connectivity index (χ1v) is 6.39. The van der Waals surface area contributed by atoms with Gasteiger partial charge >= 0.3 is 0 Å². The number of hydrogen-bond acceptors (Lipinski definition) is 2. The minimum atomic E-state index is -0.361. The first kappa shape index (κ1) is 14.5. The van der Waals surface area contributed by atoms with Gasteiger partial charge in [0.2, 0.25) is 0 Å². The molecule has 0 saturated carbocycles. The van der Waals surface area contributed by atoms with Gasteiger partial charge in [-0.15, -0.1) is 0 Å². The van der Waals surface area contributed by atoms with Crippen molar-refractivity contribution in [2.75, 3.05) is 14.2 Å². The van der Waals surface area contributed by atoms with E-state index in [1.807, 2.05) is 0 Å². The number of nitrogens with one attached hydrogen (secondary N) is 1. The second-order valence-electron chi connectivity index (χ2n) is 4.52. The molecule has 0 heterocycles. The number of likely N-dealkylation sites (N-methyl/N-ethyl adjacent to an activating group) is 1. The van der Waals surface area contributed by atoms with Crippen LogP contribution in [0.4, 0.5) is 8.78 Å². The Bertz CT molecular complexity index is 586. The monoisotopic (exact) mass is 277 g/mol. The van der Waals surface area contributed by atoms with Crippen LogP contribution in [0.2, 0.25) is 0 Å². The SMILES string of the molecule is CNC(Cc1ccccc1F)c1ccc(OC)cc1F. The number of benzene rings is 2. The highest BCUT2D eigenvalue weighted by molar-refractivity contribution is 5.32. The van der Waals surface area contributed by atoms with Crippen LogP contribution in [-0.2, 0) is 6.42 Å². The molecule has 2 nitrogen and oxygen atoms in total. The van der Waals surface area contributed by atoms with Gasteiger partial charge in [0.1, 0.15) is 17.4 Å². The Labute approximate surface area is 117 Å². The molecule has 1 N–H and O–H groups in total. The minimum absolute atomic E-state index is 0.276. The summed E-state index contributed by atoms with van der Waals surface area (Å²) in [7, 11) is 3.22. The van der Waals surface area contributed by atoms with E-state index in [0.717, 1.165) is 0 Å². The molecule has 0 aliphatic carbocycles.